The van der Waals surface area contributed by atoms with E-state index in [0.29, 0.717) is 55.5 Å². The first kappa shape index (κ1) is 31.5. The number of nitrogens with one attached hydrogen (secondary N) is 1. The second-order valence-corrected chi connectivity index (χ2v) is 12.2. The summed E-state index contributed by atoms with van der Waals surface area (Å²) in [5.41, 5.74) is 1.72. The van der Waals surface area contributed by atoms with Crippen LogP contribution in [0.4, 0.5) is 9.18 Å². The topological polar surface area (TPSA) is 134 Å². The van der Waals surface area contributed by atoms with Gasteiger partial charge in [0.25, 0.3) is 5.91 Å². The molecule has 2 N–H and O–H groups in total. The van der Waals surface area contributed by atoms with Crippen molar-refractivity contribution >= 4 is 34.4 Å². The number of aromatic nitrogens is 1. The summed E-state index contributed by atoms with van der Waals surface area (Å²) in [5.74, 6) is -0.436. The zero-order chi connectivity index (χ0) is 30.6. The smallest absolute Gasteiger partial charge is 0.437 e. The first-order valence-electron chi connectivity index (χ1n) is 13.8. The number of piperidine rings is 1. The van der Waals surface area contributed by atoms with Crippen molar-refractivity contribution in [2.45, 2.75) is 59.1 Å². The summed E-state index contributed by atoms with van der Waals surface area (Å²) in [6.07, 6.45) is 1.11. The van der Waals surface area contributed by atoms with Gasteiger partial charge in [-0.05, 0) is 81.8 Å². The lowest BCUT2D eigenvalue weighted by Crippen LogP contribution is -2.41. The van der Waals surface area contributed by atoms with Gasteiger partial charge in [0.05, 0.1) is 23.2 Å². The molecule has 1 atom stereocenters. The van der Waals surface area contributed by atoms with E-state index in [4.69, 9.17) is 14.0 Å². The second kappa shape index (κ2) is 13.3. The van der Waals surface area contributed by atoms with Crippen molar-refractivity contribution in [2.75, 3.05) is 26.7 Å². The highest BCUT2D eigenvalue weighted by atomic mass is 32.2. The Kier molecular flexibility index (Phi) is 9.97. The number of fused-ring (bicyclic) bond motifs is 1. The molecule has 1 unspecified atom stereocenters. The van der Waals surface area contributed by atoms with Gasteiger partial charge in [0, 0.05) is 32.2 Å². The van der Waals surface area contributed by atoms with Crippen molar-refractivity contribution in [3.05, 3.63) is 53.0 Å². The highest BCUT2D eigenvalue weighted by molar-refractivity contribution is 7.76. The van der Waals surface area contributed by atoms with Gasteiger partial charge >= 0.3 is 6.16 Å². The fourth-order valence-corrected chi connectivity index (χ4v) is 5.47. The molecule has 1 fully saturated rings. The van der Waals surface area contributed by atoms with Crippen LogP contribution < -0.4 is 5.32 Å². The molecule has 1 aliphatic rings. The molecule has 228 valence electrons. The molecule has 1 amide bonds. The van der Waals surface area contributed by atoms with Crippen LogP contribution in [0.25, 0.3) is 22.4 Å². The summed E-state index contributed by atoms with van der Waals surface area (Å²) in [6, 6.07) is 7.46. The molecule has 1 aliphatic heterocycles. The van der Waals surface area contributed by atoms with E-state index in [1.165, 1.54) is 35.6 Å². The van der Waals surface area contributed by atoms with Gasteiger partial charge in [0.1, 0.15) is 17.2 Å². The molecule has 0 spiro atoms. The quantitative estimate of drug-likeness (QED) is 0.253. The Morgan fingerprint density at radius 2 is 1.90 bits per heavy atom. The Bertz CT molecular complexity index is 1450. The largest absolute Gasteiger partial charge is 0.528 e. The number of hydrogen-bond acceptors (Lipinski definition) is 8. The third-order valence-electron chi connectivity index (χ3n) is 6.97. The van der Waals surface area contributed by atoms with E-state index in [9.17, 15) is 22.7 Å². The SMILES string of the molecule is CCc1cc2c(C(=O)NC)c(-c3ccc(F)cc3)oc2nc1CN(CC1CCN(OC(=O)OC(C)(C)C)CC1)S(=O)O. The average molecular weight is 605 g/mol. The molecule has 0 radical (unpaired) electrons. The lowest BCUT2D eigenvalue weighted by Gasteiger charge is -2.32. The van der Waals surface area contributed by atoms with Gasteiger partial charge in [-0.1, -0.05) is 6.92 Å². The summed E-state index contributed by atoms with van der Waals surface area (Å²) in [5, 5.41) is 4.68. The maximum absolute atomic E-state index is 13.6. The number of ether oxygens (including phenoxy) is 1. The molecule has 42 heavy (non-hydrogen) atoms. The van der Waals surface area contributed by atoms with E-state index in [0.717, 1.165) is 5.56 Å². The number of pyridine rings is 1. The lowest BCUT2D eigenvalue weighted by molar-refractivity contribution is -0.155. The molecule has 3 heterocycles. The van der Waals surface area contributed by atoms with Gasteiger partial charge in [-0.15, -0.1) is 5.06 Å². The zero-order valence-electron chi connectivity index (χ0n) is 24.4. The predicted molar refractivity (Wildman–Crippen MR) is 155 cm³/mol. The molecule has 0 aliphatic carbocycles. The maximum atomic E-state index is 13.6. The molecule has 4 rings (SSSR count). The number of furan rings is 1. The standard InChI is InChI=1S/C29H37FN4O7S/c1-6-19-15-22-24(26(35)31-5)25(20-7-9-21(30)10-8-20)39-27(22)32-23(19)17-34(42(37)38)16-18-11-13-33(14-12-18)41-28(36)40-29(2,3)4/h7-10,15,18H,6,11-14,16-17H2,1-5H3,(H,31,35)(H,37,38). The van der Waals surface area contributed by atoms with Crippen LogP contribution in [0.1, 0.15) is 62.2 Å². The number of benzene rings is 1. The molecule has 13 heteroatoms. The van der Waals surface area contributed by atoms with Crippen molar-refractivity contribution < 1.29 is 36.7 Å². The fraction of sp³-hybridized carbons (Fsp3) is 0.483. The van der Waals surface area contributed by atoms with E-state index < -0.39 is 28.8 Å². The van der Waals surface area contributed by atoms with Crippen LogP contribution in [0.3, 0.4) is 0 Å². The first-order chi connectivity index (χ1) is 19.9. The van der Waals surface area contributed by atoms with Crippen molar-refractivity contribution in [1.82, 2.24) is 19.7 Å². The Hall–Kier alpha value is -3.39. The molecule has 1 saturated heterocycles. The first-order valence-corrected chi connectivity index (χ1v) is 14.9. The fourth-order valence-electron chi connectivity index (χ4n) is 4.89. The number of hydrogen-bond donors (Lipinski definition) is 2. The predicted octanol–water partition coefficient (Wildman–Crippen LogP) is 5.07. The number of hydroxylamine groups is 2. The number of amides is 1. The van der Waals surface area contributed by atoms with Gasteiger partial charge in [0.2, 0.25) is 17.0 Å². The van der Waals surface area contributed by atoms with E-state index in [1.807, 2.05) is 13.0 Å². The summed E-state index contributed by atoms with van der Waals surface area (Å²) in [7, 11) is 1.51. The van der Waals surface area contributed by atoms with Crippen LogP contribution in [0.15, 0.2) is 34.7 Å². The maximum Gasteiger partial charge on any atom is 0.528 e. The van der Waals surface area contributed by atoms with Crippen LogP contribution in [0.5, 0.6) is 0 Å². The van der Waals surface area contributed by atoms with E-state index in [1.54, 1.807) is 25.8 Å². The third-order valence-corrected chi connectivity index (χ3v) is 7.69. The minimum Gasteiger partial charge on any atom is -0.437 e. The van der Waals surface area contributed by atoms with Gasteiger partial charge < -0.3 is 19.3 Å². The number of nitrogens with zero attached hydrogens (tertiary/aromatic N) is 3. The van der Waals surface area contributed by atoms with Gasteiger partial charge in [-0.3, -0.25) is 9.35 Å². The molecule has 3 aromatic rings. The molecule has 1 aromatic carbocycles. The number of halogens is 1. The van der Waals surface area contributed by atoms with Gasteiger partial charge in [-0.2, -0.15) is 4.31 Å². The van der Waals surface area contributed by atoms with Crippen molar-refractivity contribution in [3.63, 3.8) is 0 Å². The van der Waals surface area contributed by atoms with E-state index in [2.05, 4.69) is 10.3 Å². The summed E-state index contributed by atoms with van der Waals surface area (Å²) < 4.78 is 48.8. The molecular weight excluding hydrogens is 567 g/mol. The molecule has 2 aromatic heterocycles. The average Bonchev–Trinajstić information content (AvgIpc) is 3.30. The van der Waals surface area contributed by atoms with Crippen LogP contribution >= 0.6 is 0 Å². The van der Waals surface area contributed by atoms with Gasteiger partial charge in [-0.25, -0.2) is 18.4 Å². The van der Waals surface area contributed by atoms with Gasteiger partial charge in [0.15, 0.2) is 0 Å². The number of carbonyl (C=O) groups is 2. The lowest BCUT2D eigenvalue weighted by atomic mass is 9.98. The van der Waals surface area contributed by atoms with Crippen LogP contribution in [0.2, 0.25) is 0 Å². The third kappa shape index (κ3) is 7.71. The molecule has 0 bridgehead atoms. The Morgan fingerprint density at radius 1 is 1.24 bits per heavy atom. The monoisotopic (exact) mass is 604 g/mol. The minimum absolute atomic E-state index is 0.0821. The summed E-state index contributed by atoms with van der Waals surface area (Å²) >= 11 is -2.27. The van der Waals surface area contributed by atoms with Crippen molar-refractivity contribution in [1.29, 1.82) is 0 Å². The summed E-state index contributed by atoms with van der Waals surface area (Å²) in [6.45, 7) is 8.58. The van der Waals surface area contributed by atoms with Crippen LogP contribution in [-0.2, 0) is 33.8 Å². The zero-order valence-corrected chi connectivity index (χ0v) is 25.3. The van der Waals surface area contributed by atoms with Crippen molar-refractivity contribution in [2.24, 2.45) is 5.92 Å². The Morgan fingerprint density at radius 3 is 2.48 bits per heavy atom. The summed E-state index contributed by atoms with van der Waals surface area (Å²) in [4.78, 5) is 34.8. The minimum atomic E-state index is -2.27. The normalized spacial score (nSPS) is 15.6. The molecular formula is C29H37FN4O7S. The van der Waals surface area contributed by atoms with E-state index >= 15 is 0 Å². The van der Waals surface area contributed by atoms with Crippen molar-refractivity contribution in [3.8, 4) is 11.3 Å². The van der Waals surface area contributed by atoms with E-state index in [-0.39, 0.29) is 35.4 Å². The Balaban J connectivity index is 1.53. The second-order valence-electron chi connectivity index (χ2n) is 11.2. The number of rotatable bonds is 9. The number of aryl methyl sites for hydroxylation is 1. The highest BCUT2D eigenvalue weighted by Gasteiger charge is 2.29. The molecule has 0 saturated carbocycles. The molecule has 11 nitrogen and oxygen atoms in total. The number of carbonyl (C=O) groups excluding carboxylic acids is 2. The van der Waals surface area contributed by atoms with Crippen LogP contribution in [-0.4, -0.2) is 67.5 Å². The van der Waals surface area contributed by atoms with Crippen LogP contribution in [0, 0.1) is 11.7 Å². The highest BCUT2D eigenvalue weighted by Crippen LogP contribution is 2.34. The Labute approximate surface area is 246 Å².